The first-order valence-electron chi connectivity index (χ1n) is 6.59. The van der Waals surface area contributed by atoms with Gasteiger partial charge in [0, 0.05) is 18.1 Å². The topological polar surface area (TPSA) is 71.8 Å². The minimum atomic E-state index is -0.402. The van der Waals surface area contributed by atoms with Crippen molar-refractivity contribution in [1.29, 1.82) is 0 Å². The van der Waals surface area contributed by atoms with E-state index in [0.717, 1.165) is 0 Å². The molecule has 2 heterocycles. The highest BCUT2D eigenvalue weighted by Gasteiger charge is 2.05. The van der Waals surface area contributed by atoms with E-state index < -0.39 is 6.03 Å². The zero-order valence-corrected chi connectivity index (χ0v) is 13.2. The van der Waals surface area contributed by atoms with Gasteiger partial charge >= 0.3 is 6.03 Å². The van der Waals surface area contributed by atoms with E-state index in [0.29, 0.717) is 27.2 Å². The summed E-state index contributed by atoms with van der Waals surface area (Å²) in [5.74, 6) is 0.706. The van der Waals surface area contributed by atoms with E-state index >= 15 is 0 Å². The van der Waals surface area contributed by atoms with Crippen molar-refractivity contribution in [3.05, 3.63) is 65.3 Å². The standard InChI is InChI=1S/C15H11Cl2N5O/c16-12-3-1-10(7-13(12)17)20-15(23)21-11-2-4-14(19-8-11)22-6-5-18-9-22/h1-9H,(H2,20,21,23). The Balaban J connectivity index is 1.64. The van der Waals surface area contributed by atoms with Crippen molar-refractivity contribution in [2.45, 2.75) is 0 Å². The van der Waals surface area contributed by atoms with Crippen LogP contribution in [0, 0.1) is 0 Å². The van der Waals surface area contributed by atoms with Gasteiger partial charge in [-0.2, -0.15) is 0 Å². The maximum absolute atomic E-state index is 12.0. The normalized spacial score (nSPS) is 10.3. The van der Waals surface area contributed by atoms with Crippen LogP contribution in [-0.4, -0.2) is 20.6 Å². The number of hydrogen-bond acceptors (Lipinski definition) is 3. The molecule has 23 heavy (non-hydrogen) atoms. The van der Waals surface area contributed by atoms with Crippen LogP contribution in [0.25, 0.3) is 5.82 Å². The molecule has 3 aromatic rings. The maximum atomic E-state index is 12.0. The number of pyridine rings is 1. The fourth-order valence-electron chi connectivity index (χ4n) is 1.87. The lowest BCUT2D eigenvalue weighted by Crippen LogP contribution is -2.19. The predicted octanol–water partition coefficient (Wildman–Crippen LogP) is 4.22. The minimum absolute atomic E-state index is 0.371. The number of carbonyl (C=O) groups is 1. The molecule has 116 valence electrons. The molecule has 0 bridgehead atoms. The molecule has 6 nitrogen and oxygen atoms in total. The zero-order chi connectivity index (χ0) is 16.2. The van der Waals surface area contributed by atoms with Crippen LogP contribution < -0.4 is 10.6 Å². The molecule has 3 rings (SSSR count). The van der Waals surface area contributed by atoms with Crippen molar-refractivity contribution in [3.63, 3.8) is 0 Å². The molecule has 0 unspecified atom stereocenters. The fourth-order valence-corrected chi connectivity index (χ4v) is 2.17. The number of halogens is 2. The number of carbonyl (C=O) groups excluding carboxylic acids is 1. The third-order valence-corrected chi connectivity index (χ3v) is 3.69. The molecule has 1 aromatic carbocycles. The molecular formula is C15H11Cl2N5O. The summed E-state index contributed by atoms with van der Waals surface area (Å²) in [7, 11) is 0. The van der Waals surface area contributed by atoms with Gasteiger partial charge in [-0.1, -0.05) is 23.2 Å². The van der Waals surface area contributed by atoms with Gasteiger partial charge in [0.1, 0.15) is 12.1 Å². The second-order valence-electron chi connectivity index (χ2n) is 4.58. The van der Waals surface area contributed by atoms with Crippen LogP contribution in [0.5, 0.6) is 0 Å². The lowest BCUT2D eigenvalue weighted by Gasteiger charge is -2.09. The Hall–Kier alpha value is -2.57. The van der Waals surface area contributed by atoms with Crippen molar-refractivity contribution < 1.29 is 4.79 Å². The van der Waals surface area contributed by atoms with Crippen LogP contribution in [0.4, 0.5) is 16.2 Å². The largest absolute Gasteiger partial charge is 0.323 e. The number of urea groups is 1. The lowest BCUT2D eigenvalue weighted by molar-refractivity contribution is 0.262. The van der Waals surface area contributed by atoms with E-state index in [1.807, 2.05) is 0 Å². The van der Waals surface area contributed by atoms with E-state index in [4.69, 9.17) is 23.2 Å². The fraction of sp³-hybridized carbons (Fsp3) is 0. The highest BCUT2D eigenvalue weighted by molar-refractivity contribution is 6.42. The Morgan fingerprint density at radius 3 is 2.48 bits per heavy atom. The number of rotatable bonds is 3. The molecule has 2 N–H and O–H groups in total. The summed E-state index contributed by atoms with van der Waals surface area (Å²) in [5, 5.41) is 6.15. The molecule has 0 aliphatic heterocycles. The van der Waals surface area contributed by atoms with Gasteiger partial charge in [-0.25, -0.2) is 14.8 Å². The maximum Gasteiger partial charge on any atom is 0.323 e. The Bertz CT molecular complexity index is 818. The van der Waals surface area contributed by atoms with Crippen LogP contribution in [-0.2, 0) is 0 Å². The van der Waals surface area contributed by atoms with Crippen molar-refractivity contribution >= 4 is 40.6 Å². The summed E-state index contributed by atoms with van der Waals surface area (Å²) in [4.78, 5) is 20.2. The summed E-state index contributed by atoms with van der Waals surface area (Å²) in [5.41, 5.74) is 1.10. The number of benzene rings is 1. The van der Waals surface area contributed by atoms with Crippen molar-refractivity contribution in [2.75, 3.05) is 10.6 Å². The van der Waals surface area contributed by atoms with Gasteiger partial charge in [-0.3, -0.25) is 4.57 Å². The minimum Gasteiger partial charge on any atom is -0.308 e. The first-order chi connectivity index (χ1) is 11.1. The van der Waals surface area contributed by atoms with Gasteiger partial charge in [0.05, 0.1) is 21.9 Å². The third kappa shape index (κ3) is 3.80. The Kier molecular flexibility index (Phi) is 4.45. The molecule has 0 aliphatic carbocycles. The summed E-state index contributed by atoms with van der Waals surface area (Å²) in [6, 6.07) is 7.97. The van der Waals surface area contributed by atoms with Crippen LogP contribution in [0.3, 0.4) is 0 Å². The van der Waals surface area contributed by atoms with Gasteiger partial charge in [-0.05, 0) is 30.3 Å². The predicted molar refractivity (Wildman–Crippen MR) is 90.5 cm³/mol. The second-order valence-corrected chi connectivity index (χ2v) is 5.40. The third-order valence-electron chi connectivity index (χ3n) is 2.95. The average molecular weight is 348 g/mol. The molecule has 0 fully saturated rings. The molecule has 0 radical (unpaired) electrons. The number of amides is 2. The Labute approximate surface area is 142 Å². The molecular weight excluding hydrogens is 337 g/mol. The number of aromatic nitrogens is 3. The number of anilines is 2. The molecule has 0 aliphatic rings. The van der Waals surface area contributed by atoms with E-state index in [1.165, 1.54) is 0 Å². The van der Waals surface area contributed by atoms with Gasteiger partial charge in [0.25, 0.3) is 0 Å². The second kappa shape index (κ2) is 6.68. The van der Waals surface area contributed by atoms with Gasteiger partial charge in [-0.15, -0.1) is 0 Å². The Morgan fingerprint density at radius 2 is 1.83 bits per heavy atom. The summed E-state index contributed by atoms with van der Waals surface area (Å²) in [6.45, 7) is 0. The van der Waals surface area contributed by atoms with Gasteiger partial charge < -0.3 is 10.6 Å². The molecule has 2 aromatic heterocycles. The van der Waals surface area contributed by atoms with Crippen LogP contribution in [0.15, 0.2) is 55.2 Å². The number of hydrogen-bond donors (Lipinski definition) is 2. The molecule has 0 saturated carbocycles. The smallest absolute Gasteiger partial charge is 0.308 e. The number of imidazole rings is 1. The highest BCUT2D eigenvalue weighted by Crippen LogP contribution is 2.25. The summed E-state index contributed by atoms with van der Waals surface area (Å²) in [6.07, 6.45) is 6.65. The molecule has 2 amide bonds. The van der Waals surface area contributed by atoms with E-state index in [9.17, 15) is 4.79 Å². The summed E-state index contributed by atoms with van der Waals surface area (Å²) < 4.78 is 1.76. The van der Waals surface area contributed by atoms with E-state index in [2.05, 4.69) is 20.6 Å². The quantitative estimate of drug-likeness (QED) is 0.744. The van der Waals surface area contributed by atoms with Crippen LogP contribution in [0.1, 0.15) is 0 Å². The van der Waals surface area contributed by atoms with Crippen LogP contribution in [0.2, 0.25) is 10.0 Å². The average Bonchev–Trinajstić information content (AvgIpc) is 3.06. The number of nitrogens with one attached hydrogen (secondary N) is 2. The molecule has 0 saturated heterocycles. The van der Waals surface area contributed by atoms with Crippen LogP contribution >= 0.6 is 23.2 Å². The molecule has 0 atom stereocenters. The van der Waals surface area contributed by atoms with Gasteiger partial charge in [0.2, 0.25) is 0 Å². The number of nitrogens with zero attached hydrogens (tertiary/aromatic N) is 3. The lowest BCUT2D eigenvalue weighted by atomic mass is 10.3. The molecule has 0 spiro atoms. The SMILES string of the molecule is O=C(Nc1ccc(-n2ccnc2)nc1)Nc1ccc(Cl)c(Cl)c1. The van der Waals surface area contributed by atoms with Crippen molar-refractivity contribution in [2.24, 2.45) is 0 Å². The highest BCUT2D eigenvalue weighted by atomic mass is 35.5. The first kappa shape index (κ1) is 15.3. The van der Waals surface area contributed by atoms with E-state index in [1.54, 1.807) is 59.8 Å². The van der Waals surface area contributed by atoms with Crippen molar-refractivity contribution in [3.8, 4) is 5.82 Å². The monoisotopic (exact) mass is 347 g/mol. The van der Waals surface area contributed by atoms with E-state index in [-0.39, 0.29) is 0 Å². The zero-order valence-electron chi connectivity index (χ0n) is 11.7. The van der Waals surface area contributed by atoms with Gasteiger partial charge in [0.15, 0.2) is 0 Å². The summed E-state index contributed by atoms with van der Waals surface area (Å²) >= 11 is 11.7. The molecule has 8 heteroatoms. The van der Waals surface area contributed by atoms with Crippen molar-refractivity contribution in [1.82, 2.24) is 14.5 Å². The first-order valence-corrected chi connectivity index (χ1v) is 7.35. The Morgan fingerprint density at radius 1 is 1.04 bits per heavy atom.